The fourth-order valence-corrected chi connectivity index (χ4v) is 4.40. The number of hydrogen-bond donors (Lipinski definition) is 2. The molecule has 0 aliphatic rings. The molecule has 0 unspecified atom stereocenters. The summed E-state index contributed by atoms with van der Waals surface area (Å²) in [6, 6.07) is 10.5. The highest BCUT2D eigenvalue weighted by Gasteiger charge is 2.12. The van der Waals surface area contributed by atoms with E-state index < -0.39 is 5.97 Å². The Morgan fingerprint density at radius 1 is 0.806 bits per heavy atom. The number of benzene rings is 2. The molecule has 0 radical (unpaired) electrons. The first kappa shape index (κ1) is 28.2. The highest BCUT2D eigenvalue weighted by molar-refractivity contribution is 6.38. The van der Waals surface area contributed by atoms with Gasteiger partial charge in [0.1, 0.15) is 6.61 Å². The van der Waals surface area contributed by atoms with E-state index in [4.69, 9.17) is 65.7 Å². The Morgan fingerprint density at radius 2 is 1.39 bits per heavy atom. The van der Waals surface area contributed by atoms with Gasteiger partial charge in [-0.1, -0.05) is 46.4 Å². The lowest BCUT2D eigenvalue weighted by Gasteiger charge is -2.14. The van der Waals surface area contributed by atoms with E-state index >= 15 is 0 Å². The molecule has 0 aliphatic carbocycles. The Labute approximate surface area is 229 Å². The second kappa shape index (κ2) is 14.4. The SMILES string of the molecule is O=C(O)CCc1cc(Cl)c(OCCCOCCOc2c(Cl)cc(Nc3ccncc3)cc2Cl)c(Cl)c1. The van der Waals surface area contributed by atoms with Gasteiger partial charge in [0.05, 0.1) is 33.3 Å². The number of rotatable bonds is 14. The van der Waals surface area contributed by atoms with Gasteiger partial charge in [-0.05, 0) is 48.4 Å². The van der Waals surface area contributed by atoms with Crippen LogP contribution in [-0.2, 0) is 16.0 Å². The van der Waals surface area contributed by atoms with E-state index in [0.29, 0.717) is 64.3 Å². The zero-order chi connectivity index (χ0) is 25.9. The number of anilines is 2. The number of nitrogens with zero attached hydrogens (tertiary/aromatic N) is 1. The van der Waals surface area contributed by atoms with Crippen LogP contribution < -0.4 is 14.8 Å². The second-order valence-corrected chi connectivity index (χ2v) is 9.20. The van der Waals surface area contributed by atoms with Gasteiger partial charge in [-0.2, -0.15) is 0 Å². The van der Waals surface area contributed by atoms with Crippen molar-refractivity contribution < 1.29 is 24.1 Å². The Kier molecular flexibility index (Phi) is 11.2. The van der Waals surface area contributed by atoms with E-state index in [2.05, 4.69) is 10.3 Å². The van der Waals surface area contributed by atoms with Crippen molar-refractivity contribution in [3.05, 3.63) is 74.4 Å². The summed E-state index contributed by atoms with van der Waals surface area (Å²) in [5.41, 5.74) is 2.33. The largest absolute Gasteiger partial charge is 0.490 e. The lowest BCUT2D eigenvalue weighted by Crippen LogP contribution is -2.10. The van der Waals surface area contributed by atoms with Gasteiger partial charge in [0.2, 0.25) is 0 Å². The highest BCUT2D eigenvalue weighted by atomic mass is 35.5. The number of carboxylic acids is 1. The molecular weight excluding hydrogens is 550 g/mol. The monoisotopic (exact) mass is 572 g/mol. The number of hydrogen-bond acceptors (Lipinski definition) is 6. The average Bonchev–Trinajstić information content (AvgIpc) is 2.83. The number of nitrogens with one attached hydrogen (secondary N) is 1. The molecule has 0 amide bonds. The molecule has 1 aromatic heterocycles. The predicted molar refractivity (Wildman–Crippen MR) is 143 cm³/mol. The van der Waals surface area contributed by atoms with Gasteiger partial charge in [0.15, 0.2) is 11.5 Å². The standard InChI is InChI=1S/C25H24Cl4N2O5/c26-19-12-16(2-3-23(32)33)13-20(27)24(19)35-9-1-8-34-10-11-36-25-21(28)14-18(15-22(25)29)31-17-4-6-30-7-5-17/h4-7,12-15H,1-3,8-11H2,(H,30,31)(H,32,33). The lowest BCUT2D eigenvalue weighted by molar-refractivity contribution is -0.136. The molecule has 3 aromatic rings. The van der Waals surface area contributed by atoms with Crippen molar-refractivity contribution in [2.24, 2.45) is 0 Å². The molecule has 192 valence electrons. The molecule has 0 atom stereocenters. The van der Waals surface area contributed by atoms with Gasteiger partial charge in [0, 0.05) is 43.2 Å². The maximum atomic E-state index is 10.7. The van der Waals surface area contributed by atoms with Gasteiger partial charge >= 0.3 is 5.97 Å². The number of carbonyl (C=O) groups is 1. The summed E-state index contributed by atoms with van der Waals surface area (Å²) >= 11 is 25.1. The van der Waals surface area contributed by atoms with Crippen molar-refractivity contribution in [3.8, 4) is 11.5 Å². The highest BCUT2D eigenvalue weighted by Crippen LogP contribution is 2.37. The third-order valence-corrected chi connectivity index (χ3v) is 5.93. The minimum Gasteiger partial charge on any atom is -0.490 e. The van der Waals surface area contributed by atoms with Crippen LogP contribution in [0, 0.1) is 0 Å². The molecule has 0 bridgehead atoms. The van der Waals surface area contributed by atoms with E-state index in [1.54, 1.807) is 36.7 Å². The maximum absolute atomic E-state index is 10.7. The zero-order valence-electron chi connectivity index (χ0n) is 19.1. The van der Waals surface area contributed by atoms with Gasteiger partial charge in [-0.15, -0.1) is 0 Å². The van der Waals surface area contributed by atoms with Gasteiger partial charge in [-0.25, -0.2) is 0 Å². The molecule has 11 heteroatoms. The molecule has 0 spiro atoms. The molecular formula is C25H24Cl4N2O5. The molecule has 3 rings (SSSR count). The fraction of sp³-hybridized carbons (Fsp3) is 0.280. The first-order valence-corrected chi connectivity index (χ1v) is 12.5. The lowest BCUT2D eigenvalue weighted by atomic mass is 10.1. The number of aryl methyl sites for hydroxylation is 1. The molecule has 0 aliphatic heterocycles. The number of halogens is 4. The van der Waals surface area contributed by atoms with Crippen molar-refractivity contribution in [3.63, 3.8) is 0 Å². The quantitative estimate of drug-likeness (QED) is 0.195. The zero-order valence-corrected chi connectivity index (χ0v) is 22.1. The number of pyridine rings is 1. The summed E-state index contributed by atoms with van der Waals surface area (Å²) in [5, 5.41) is 13.5. The number of carboxylic acid groups (broad SMARTS) is 1. The van der Waals surface area contributed by atoms with Crippen LogP contribution in [0.1, 0.15) is 18.4 Å². The predicted octanol–water partition coefficient (Wildman–Crippen LogP) is 7.32. The van der Waals surface area contributed by atoms with Crippen LogP contribution >= 0.6 is 46.4 Å². The van der Waals surface area contributed by atoms with E-state index in [9.17, 15) is 4.79 Å². The Morgan fingerprint density at radius 3 is 2.00 bits per heavy atom. The Bertz CT molecular complexity index is 1120. The summed E-state index contributed by atoms with van der Waals surface area (Å²) in [7, 11) is 0. The molecule has 0 saturated heterocycles. The van der Waals surface area contributed by atoms with Crippen LogP contribution in [0.15, 0.2) is 48.8 Å². The molecule has 0 fully saturated rings. The van der Waals surface area contributed by atoms with Gasteiger partial charge < -0.3 is 24.6 Å². The van der Waals surface area contributed by atoms with Crippen molar-refractivity contribution >= 4 is 63.7 Å². The second-order valence-electron chi connectivity index (χ2n) is 7.58. The van der Waals surface area contributed by atoms with Crippen LogP contribution in [0.3, 0.4) is 0 Å². The Balaban J connectivity index is 1.35. The number of ether oxygens (including phenoxy) is 3. The normalized spacial score (nSPS) is 10.8. The first-order chi connectivity index (χ1) is 17.3. The summed E-state index contributed by atoms with van der Waals surface area (Å²) in [4.78, 5) is 14.7. The Hall–Kier alpha value is -2.42. The molecule has 2 N–H and O–H groups in total. The van der Waals surface area contributed by atoms with Crippen LogP contribution in [0.5, 0.6) is 11.5 Å². The van der Waals surface area contributed by atoms with Crippen molar-refractivity contribution in [2.45, 2.75) is 19.3 Å². The first-order valence-electron chi connectivity index (χ1n) is 11.0. The molecule has 1 heterocycles. The maximum Gasteiger partial charge on any atom is 0.303 e. The van der Waals surface area contributed by atoms with Crippen LogP contribution in [0.2, 0.25) is 20.1 Å². The van der Waals surface area contributed by atoms with Crippen LogP contribution in [0.25, 0.3) is 0 Å². The third-order valence-electron chi connectivity index (χ3n) is 4.81. The van der Waals surface area contributed by atoms with Crippen molar-refractivity contribution in [1.82, 2.24) is 4.98 Å². The minimum absolute atomic E-state index is 0.00119. The van der Waals surface area contributed by atoms with E-state index in [1.807, 2.05) is 12.1 Å². The van der Waals surface area contributed by atoms with Gasteiger partial charge in [0.25, 0.3) is 0 Å². The summed E-state index contributed by atoms with van der Waals surface area (Å²) in [6.07, 6.45) is 4.31. The van der Waals surface area contributed by atoms with Crippen molar-refractivity contribution in [1.29, 1.82) is 0 Å². The number of aromatic nitrogens is 1. The number of aliphatic carboxylic acids is 1. The van der Waals surface area contributed by atoms with E-state index in [0.717, 1.165) is 16.9 Å². The molecule has 2 aromatic carbocycles. The van der Waals surface area contributed by atoms with Gasteiger partial charge in [-0.3, -0.25) is 9.78 Å². The third kappa shape index (κ3) is 8.91. The summed E-state index contributed by atoms with van der Waals surface area (Å²) in [6.45, 7) is 1.39. The average molecular weight is 574 g/mol. The topological polar surface area (TPSA) is 89.9 Å². The molecule has 0 saturated carbocycles. The smallest absolute Gasteiger partial charge is 0.303 e. The summed E-state index contributed by atoms with van der Waals surface area (Å²) < 4.78 is 16.9. The minimum atomic E-state index is -0.883. The van der Waals surface area contributed by atoms with Crippen molar-refractivity contribution in [2.75, 3.05) is 31.7 Å². The van der Waals surface area contributed by atoms with Crippen LogP contribution in [-0.4, -0.2) is 42.5 Å². The van der Waals surface area contributed by atoms with Crippen LogP contribution in [0.4, 0.5) is 11.4 Å². The molecule has 36 heavy (non-hydrogen) atoms. The van der Waals surface area contributed by atoms with E-state index in [1.165, 1.54) is 0 Å². The summed E-state index contributed by atoms with van der Waals surface area (Å²) in [5.74, 6) is -0.125. The van der Waals surface area contributed by atoms with E-state index in [-0.39, 0.29) is 13.0 Å². The molecule has 7 nitrogen and oxygen atoms in total. The fourth-order valence-electron chi connectivity index (χ4n) is 3.16.